The molecule has 4 atom stereocenters. The van der Waals surface area contributed by atoms with Crippen LogP contribution >= 0.6 is 0 Å². The Bertz CT molecular complexity index is 488. The van der Waals surface area contributed by atoms with Crippen molar-refractivity contribution >= 4 is 0 Å². The van der Waals surface area contributed by atoms with Crippen molar-refractivity contribution in [2.24, 2.45) is 5.92 Å². The van der Waals surface area contributed by atoms with Crippen molar-refractivity contribution in [2.45, 2.75) is 57.8 Å². The molecule has 2 heterocycles. The van der Waals surface area contributed by atoms with E-state index in [0.717, 1.165) is 18.7 Å². The number of methoxy groups -OCH3 is 1. The molecule has 1 aromatic rings. The highest BCUT2D eigenvalue weighted by molar-refractivity contribution is 5.37. The lowest BCUT2D eigenvalue weighted by molar-refractivity contribution is 0.0858. The van der Waals surface area contributed by atoms with E-state index < -0.39 is 0 Å². The fourth-order valence-corrected chi connectivity index (χ4v) is 4.04. The topological polar surface area (TPSA) is 30.5 Å². The summed E-state index contributed by atoms with van der Waals surface area (Å²) in [7, 11) is 1.76. The number of likely N-dealkylation sites (N-methyl/N-ethyl adjacent to an activating group) is 1. The molecule has 0 amide bonds. The molecule has 4 unspecified atom stereocenters. The van der Waals surface area contributed by atoms with Crippen molar-refractivity contribution in [1.29, 1.82) is 0 Å². The molecule has 0 aliphatic carbocycles. The molecule has 2 bridgehead atoms. The number of hydrogen-bond donors (Lipinski definition) is 1. The van der Waals surface area contributed by atoms with Crippen LogP contribution in [0.5, 0.6) is 5.75 Å². The second-order valence-electron chi connectivity index (χ2n) is 6.46. The van der Waals surface area contributed by atoms with E-state index in [0.29, 0.717) is 24.2 Å². The Kier molecular flexibility index (Phi) is 4.51. The first kappa shape index (κ1) is 14.9. The van der Waals surface area contributed by atoms with E-state index in [1.807, 2.05) is 0 Å². The van der Waals surface area contributed by atoms with E-state index in [-0.39, 0.29) is 0 Å². The fourth-order valence-electron chi connectivity index (χ4n) is 4.04. The molecule has 2 fully saturated rings. The Labute approximate surface area is 128 Å². The largest absolute Gasteiger partial charge is 0.496 e. The second kappa shape index (κ2) is 6.37. The van der Waals surface area contributed by atoms with Crippen molar-refractivity contribution in [3.63, 3.8) is 0 Å². The van der Waals surface area contributed by atoms with Crippen LogP contribution in [0.25, 0.3) is 0 Å². The zero-order chi connectivity index (χ0) is 14.8. The summed E-state index contributed by atoms with van der Waals surface area (Å²) >= 11 is 0. The van der Waals surface area contributed by atoms with Gasteiger partial charge in [-0.05, 0) is 50.8 Å². The molecule has 3 nitrogen and oxygen atoms in total. The highest BCUT2D eigenvalue weighted by Gasteiger charge is 2.44. The summed E-state index contributed by atoms with van der Waals surface area (Å²) in [6.45, 7) is 5.34. The minimum Gasteiger partial charge on any atom is -0.496 e. The SMILES string of the molecule is CCNC(Cc1cc(C)ccc1OC)C1CC2CCC1O2. The summed E-state index contributed by atoms with van der Waals surface area (Å²) in [6.07, 6.45) is 5.72. The molecule has 0 aromatic heterocycles. The van der Waals surface area contributed by atoms with Crippen LogP contribution in [0.4, 0.5) is 0 Å². The van der Waals surface area contributed by atoms with Crippen LogP contribution < -0.4 is 10.1 Å². The normalized spacial score (nSPS) is 28.8. The first-order valence-corrected chi connectivity index (χ1v) is 8.23. The molecule has 2 saturated heterocycles. The molecular weight excluding hydrogens is 262 g/mol. The standard InChI is InChI=1S/C18H27NO2/c1-4-19-16(15-11-14-6-8-18(15)21-14)10-13-9-12(2)5-7-17(13)20-3/h5,7,9,14-16,18-19H,4,6,8,10-11H2,1-3H3. The van der Waals surface area contributed by atoms with Gasteiger partial charge in [-0.15, -0.1) is 0 Å². The van der Waals surface area contributed by atoms with Gasteiger partial charge in [0.25, 0.3) is 0 Å². The lowest BCUT2D eigenvalue weighted by Crippen LogP contribution is -2.42. The Balaban J connectivity index is 1.77. The highest BCUT2D eigenvalue weighted by atomic mass is 16.5. The smallest absolute Gasteiger partial charge is 0.122 e. The minimum atomic E-state index is 0.467. The average Bonchev–Trinajstić information content (AvgIpc) is 3.10. The lowest BCUT2D eigenvalue weighted by Gasteiger charge is -2.29. The van der Waals surface area contributed by atoms with Gasteiger partial charge in [0, 0.05) is 12.0 Å². The molecule has 0 spiro atoms. The lowest BCUT2D eigenvalue weighted by atomic mass is 9.81. The Morgan fingerprint density at radius 3 is 2.86 bits per heavy atom. The quantitative estimate of drug-likeness (QED) is 0.873. The van der Waals surface area contributed by atoms with Crippen molar-refractivity contribution in [3.05, 3.63) is 29.3 Å². The fraction of sp³-hybridized carbons (Fsp3) is 0.667. The maximum absolute atomic E-state index is 6.06. The van der Waals surface area contributed by atoms with E-state index in [4.69, 9.17) is 9.47 Å². The Morgan fingerprint density at radius 1 is 1.38 bits per heavy atom. The zero-order valence-corrected chi connectivity index (χ0v) is 13.4. The van der Waals surface area contributed by atoms with E-state index in [1.165, 1.54) is 30.4 Å². The van der Waals surface area contributed by atoms with Crippen LogP contribution in [-0.2, 0) is 11.2 Å². The van der Waals surface area contributed by atoms with Crippen LogP contribution in [-0.4, -0.2) is 31.9 Å². The van der Waals surface area contributed by atoms with Gasteiger partial charge in [-0.3, -0.25) is 0 Å². The molecule has 1 aromatic carbocycles. The van der Waals surface area contributed by atoms with Gasteiger partial charge in [-0.1, -0.05) is 24.6 Å². The predicted molar refractivity (Wildman–Crippen MR) is 84.9 cm³/mol. The number of nitrogens with one attached hydrogen (secondary N) is 1. The Hall–Kier alpha value is -1.06. The molecule has 1 N–H and O–H groups in total. The van der Waals surface area contributed by atoms with E-state index in [9.17, 15) is 0 Å². The maximum atomic E-state index is 6.06. The third-order valence-electron chi connectivity index (χ3n) is 5.01. The Morgan fingerprint density at radius 2 is 2.24 bits per heavy atom. The number of fused-ring (bicyclic) bond motifs is 2. The van der Waals surface area contributed by atoms with Gasteiger partial charge in [-0.2, -0.15) is 0 Å². The van der Waals surface area contributed by atoms with Crippen LogP contribution in [0.2, 0.25) is 0 Å². The van der Waals surface area contributed by atoms with E-state index >= 15 is 0 Å². The number of aryl methyl sites for hydroxylation is 1. The molecule has 2 aliphatic rings. The average molecular weight is 289 g/mol. The zero-order valence-electron chi connectivity index (χ0n) is 13.4. The molecule has 3 heteroatoms. The number of rotatable bonds is 6. The van der Waals surface area contributed by atoms with Gasteiger partial charge >= 0.3 is 0 Å². The number of ether oxygens (including phenoxy) is 2. The van der Waals surface area contributed by atoms with Crippen LogP contribution in [0.15, 0.2) is 18.2 Å². The monoisotopic (exact) mass is 289 g/mol. The van der Waals surface area contributed by atoms with E-state index in [1.54, 1.807) is 7.11 Å². The summed E-state index contributed by atoms with van der Waals surface area (Å²) in [5.74, 6) is 1.65. The van der Waals surface area contributed by atoms with Crippen molar-refractivity contribution < 1.29 is 9.47 Å². The molecule has 21 heavy (non-hydrogen) atoms. The molecule has 0 radical (unpaired) electrons. The minimum absolute atomic E-state index is 0.467. The predicted octanol–water partition coefficient (Wildman–Crippen LogP) is 3.09. The summed E-state index contributed by atoms with van der Waals surface area (Å²) in [4.78, 5) is 0. The van der Waals surface area contributed by atoms with Crippen molar-refractivity contribution in [3.8, 4) is 5.75 Å². The summed E-state index contributed by atoms with van der Waals surface area (Å²) < 4.78 is 11.6. The third kappa shape index (κ3) is 3.09. The molecular formula is C18H27NO2. The first-order valence-electron chi connectivity index (χ1n) is 8.23. The molecule has 3 rings (SSSR count). The second-order valence-corrected chi connectivity index (χ2v) is 6.46. The maximum Gasteiger partial charge on any atom is 0.122 e. The van der Waals surface area contributed by atoms with Gasteiger partial charge in [-0.25, -0.2) is 0 Å². The van der Waals surface area contributed by atoms with Gasteiger partial charge in [0.05, 0.1) is 19.3 Å². The number of hydrogen-bond acceptors (Lipinski definition) is 3. The van der Waals surface area contributed by atoms with Crippen molar-refractivity contribution in [2.75, 3.05) is 13.7 Å². The van der Waals surface area contributed by atoms with E-state index in [2.05, 4.69) is 37.4 Å². The van der Waals surface area contributed by atoms with Crippen LogP contribution in [0, 0.1) is 12.8 Å². The first-order chi connectivity index (χ1) is 10.2. The summed E-state index contributed by atoms with van der Waals surface area (Å²) in [6, 6.07) is 6.95. The van der Waals surface area contributed by atoms with Crippen LogP contribution in [0.3, 0.4) is 0 Å². The molecule has 2 aliphatic heterocycles. The number of benzene rings is 1. The summed E-state index contributed by atoms with van der Waals surface area (Å²) in [5.41, 5.74) is 2.61. The van der Waals surface area contributed by atoms with Gasteiger partial charge in [0.2, 0.25) is 0 Å². The third-order valence-corrected chi connectivity index (χ3v) is 5.01. The van der Waals surface area contributed by atoms with Crippen molar-refractivity contribution in [1.82, 2.24) is 5.32 Å². The van der Waals surface area contributed by atoms with Gasteiger partial charge in [0.15, 0.2) is 0 Å². The van der Waals surface area contributed by atoms with Crippen LogP contribution in [0.1, 0.15) is 37.3 Å². The molecule has 0 saturated carbocycles. The van der Waals surface area contributed by atoms with Gasteiger partial charge in [0.1, 0.15) is 5.75 Å². The van der Waals surface area contributed by atoms with Gasteiger partial charge < -0.3 is 14.8 Å². The summed E-state index contributed by atoms with van der Waals surface area (Å²) in [5, 5.41) is 3.69. The molecule has 116 valence electrons. The highest BCUT2D eigenvalue weighted by Crippen LogP contribution is 2.41.